The number of hydrogen-bond acceptors (Lipinski definition) is 11. The van der Waals surface area contributed by atoms with Gasteiger partial charge in [-0.2, -0.15) is 0 Å². The summed E-state index contributed by atoms with van der Waals surface area (Å²) in [5.74, 6) is 1.58. The Morgan fingerprint density at radius 3 is 2.06 bits per heavy atom. The van der Waals surface area contributed by atoms with Crippen molar-refractivity contribution in [3.63, 3.8) is 0 Å². The molecule has 2 aliphatic rings. The van der Waals surface area contributed by atoms with Crippen LogP contribution in [0.25, 0.3) is 0 Å². The number of carbonyl (C=O) groups excluding carboxylic acids is 2. The summed E-state index contributed by atoms with van der Waals surface area (Å²) in [5, 5.41) is 28.7. The lowest BCUT2D eigenvalue weighted by Gasteiger charge is -2.23. The molecule has 254 valence electrons. The molecule has 0 radical (unpaired) electrons. The molecular formula is C33H45N7O7. The summed E-state index contributed by atoms with van der Waals surface area (Å²) in [6, 6.07) is 12.8. The predicted molar refractivity (Wildman–Crippen MR) is 177 cm³/mol. The Hall–Kier alpha value is -4.50. The molecule has 1 fully saturated rings. The number of carbonyl (C=O) groups is 2. The average molecular weight is 652 g/mol. The number of ketones is 1. The van der Waals surface area contributed by atoms with Gasteiger partial charge in [0.25, 0.3) is 0 Å². The molecule has 0 bridgehead atoms. The molecule has 5 rings (SSSR count). The van der Waals surface area contributed by atoms with Gasteiger partial charge in [-0.05, 0) is 49.4 Å². The second-order valence-corrected chi connectivity index (χ2v) is 12.1. The van der Waals surface area contributed by atoms with E-state index in [4.69, 9.17) is 9.47 Å². The predicted octanol–water partition coefficient (Wildman–Crippen LogP) is 1.34. The van der Waals surface area contributed by atoms with Gasteiger partial charge >= 0.3 is 5.69 Å². The molecule has 0 saturated carbocycles. The Morgan fingerprint density at radius 2 is 1.49 bits per heavy atom. The van der Waals surface area contributed by atoms with Gasteiger partial charge in [-0.3, -0.25) is 14.9 Å². The number of H-pyrrole nitrogens is 2. The van der Waals surface area contributed by atoms with Gasteiger partial charge in [0.05, 0.1) is 5.69 Å². The second-order valence-electron chi connectivity index (χ2n) is 12.1. The number of nitrogens with one attached hydrogen (secondary N) is 5. The Morgan fingerprint density at radius 1 is 0.894 bits per heavy atom. The first-order valence-electron chi connectivity index (χ1n) is 15.7. The number of guanidine groups is 1. The zero-order valence-corrected chi connectivity index (χ0v) is 27.4. The number of hydrogen-bond donors (Lipinski definition) is 7. The van der Waals surface area contributed by atoms with Gasteiger partial charge in [-0.15, -0.1) is 0 Å². The topological polar surface area (TPSA) is 193 Å². The molecule has 14 heteroatoms. The van der Waals surface area contributed by atoms with Crippen LogP contribution < -0.4 is 31.1 Å². The third kappa shape index (κ3) is 10.5. The number of aliphatic hydroxyl groups is 2. The number of imidazole rings is 1. The number of nitrogens with zero attached hydrogens (tertiary/aromatic N) is 2. The van der Waals surface area contributed by atoms with Gasteiger partial charge in [0.1, 0.15) is 49.2 Å². The number of ether oxygens (including phenoxy) is 2. The molecule has 2 aromatic carbocycles. The monoisotopic (exact) mass is 651 g/mol. The van der Waals surface area contributed by atoms with Crippen molar-refractivity contribution in [1.82, 2.24) is 30.8 Å². The first kappa shape index (κ1) is 35.4. The van der Waals surface area contributed by atoms with Crippen molar-refractivity contribution in [3.05, 3.63) is 75.5 Å². The second kappa shape index (κ2) is 16.4. The minimum atomic E-state index is -0.610. The van der Waals surface area contributed by atoms with E-state index >= 15 is 0 Å². The van der Waals surface area contributed by atoms with Crippen LogP contribution in [0, 0.1) is 6.92 Å². The zero-order chi connectivity index (χ0) is 34.1. The highest BCUT2D eigenvalue weighted by Crippen LogP contribution is 2.30. The first-order chi connectivity index (χ1) is 22.4. The summed E-state index contributed by atoms with van der Waals surface area (Å²) < 4.78 is 11.2. The summed E-state index contributed by atoms with van der Waals surface area (Å²) in [5.41, 5.74) is 2.66. The highest BCUT2D eigenvalue weighted by Gasteiger charge is 2.29. The number of fused-ring (bicyclic) bond motifs is 2. The van der Waals surface area contributed by atoms with Gasteiger partial charge in [0, 0.05) is 48.5 Å². The zero-order valence-electron chi connectivity index (χ0n) is 27.4. The molecule has 3 aromatic rings. The highest BCUT2D eigenvalue weighted by atomic mass is 16.5. The van der Waals surface area contributed by atoms with Crippen LogP contribution in [0.1, 0.15) is 55.0 Å². The summed E-state index contributed by atoms with van der Waals surface area (Å²) >= 11 is 0. The molecular weight excluding hydrogens is 606 g/mol. The van der Waals surface area contributed by atoms with Crippen molar-refractivity contribution in [1.29, 1.82) is 0 Å². The maximum Gasteiger partial charge on any atom is 0.323 e. The summed E-state index contributed by atoms with van der Waals surface area (Å²) in [6.07, 6.45) is -1.17. The van der Waals surface area contributed by atoms with Crippen molar-refractivity contribution >= 4 is 23.3 Å². The van der Waals surface area contributed by atoms with Crippen LogP contribution >= 0.6 is 0 Å². The van der Waals surface area contributed by atoms with Crippen LogP contribution in [-0.4, -0.2) is 99.9 Å². The molecule has 2 atom stereocenters. The van der Waals surface area contributed by atoms with Crippen LogP contribution in [0.3, 0.4) is 0 Å². The largest absolute Gasteiger partial charge is 0.491 e. The minimum Gasteiger partial charge on any atom is -0.491 e. The van der Waals surface area contributed by atoms with E-state index in [0.29, 0.717) is 67.0 Å². The quantitative estimate of drug-likeness (QED) is 0.125. The summed E-state index contributed by atoms with van der Waals surface area (Å²) in [4.78, 5) is 46.3. The standard InChI is InChI=1S/C17H23N3O4.C16H22N4O3/c1-10(2)18-8-13(21)9-24-14-6-4-12(5-7-14)16(22)15-11(3)19-17(23)20-15;1-10(2)17-6-12(21)9-23-13-3-4-14-11(5-13)7-20-8-15(22)19-16(20)18-14/h4-7,10,13,18,21H,8-9H2,1-3H3,(H2,19,20,23);3-5,10,12,17,21H,6-9H2,1-2H3,(H,18,19,22). The maximum absolute atomic E-state index is 12.3. The van der Waals surface area contributed by atoms with Crippen molar-refractivity contribution in [2.45, 2.75) is 65.5 Å². The molecule has 1 saturated heterocycles. The van der Waals surface area contributed by atoms with Crippen LogP contribution in [0.5, 0.6) is 11.5 Å². The molecule has 1 amide bonds. The van der Waals surface area contributed by atoms with Gasteiger partial charge in [-0.25, -0.2) is 9.79 Å². The van der Waals surface area contributed by atoms with Crippen molar-refractivity contribution < 1.29 is 29.3 Å². The Balaban J connectivity index is 0.000000213. The molecule has 1 aromatic heterocycles. The molecule has 7 N–H and O–H groups in total. The minimum absolute atomic E-state index is 0.0335. The third-order valence-corrected chi connectivity index (χ3v) is 7.19. The molecule has 3 heterocycles. The smallest absolute Gasteiger partial charge is 0.323 e. The molecule has 0 spiro atoms. The maximum atomic E-state index is 12.3. The van der Waals surface area contributed by atoms with Gasteiger partial charge in [0.2, 0.25) is 17.6 Å². The van der Waals surface area contributed by atoms with E-state index in [1.165, 1.54) is 0 Å². The Labute approximate surface area is 273 Å². The molecule has 47 heavy (non-hydrogen) atoms. The van der Waals surface area contributed by atoms with E-state index in [9.17, 15) is 24.6 Å². The van der Waals surface area contributed by atoms with Crippen molar-refractivity contribution in [2.75, 3.05) is 32.8 Å². The number of aromatic nitrogens is 2. The number of aliphatic hydroxyl groups excluding tert-OH is 2. The van der Waals surface area contributed by atoms with Crippen LogP contribution in [0.2, 0.25) is 0 Å². The van der Waals surface area contributed by atoms with Gasteiger partial charge in [0.15, 0.2) is 0 Å². The molecule has 2 unspecified atom stereocenters. The fourth-order valence-corrected chi connectivity index (χ4v) is 4.72. The molecule has 14 nitrogen and oxygen atoms in total. The van der Waals surface area contributed by atoms with Gasteiger partial charge < -0.3 is 45.2 Å². The lowest BCUT2D eigenvalue weighted by atomic mass is 10.1. The third-order valence-electron chi connectivity index (χ3n) is 7.19. The Kier molecular flexibility index (Phi) is 12.3. The van der Waals surface area contributed by atoms with Crippen molar-refractivity contribution in [3.8, 4) is 11.5 Å². The summed E-state index contributed by atoms with van der Waals surface area (Å²) in [7, 11) is 0. The highest BCUT2D eigenvalue weighted by molar-refractivity contribution is 6.08. The number of rotatable bonds is 14. The SMILES string of the molecule is CC(C)NCC(O)COc1ccc2c(c1)CN1CC(=O)NC1=N2.Cc1[nH]c(=O)[nH]c1C(=O)c1ccc(OCC(O)CNC(C)C)cc1. The number of aromatic amines is 2. The van der Waals surface area contributed by atoms with E-state index in [2.05, 4.69) is 30.9 Å². The molecule has 0 aliphatic carbocycles. The van der Waals surface area contributed by atoms with E-state index in [1.54, 1.807) is 31.2 Å². The molecule has 2 aliphatic heterocycles. The number of aryl methyl sites for hydroxylation is 1. The van der Waals surface area contributed by atoms with Crippen LogP contribution in [0.15, 0.2) is 52.3 Å². The fraction of sp³-hybridized carbons (Fsp3) is 0.455. The van der Waals surface area contributed by atoms with E-state index in [-0.39, 0.29) is 30.6 Å². The average Bonchev–Trinajstić information content (AvgIpc) is 3.58. The van der Waals surface area contributed by atoms with Crippen LogP contribution in [0.4, 0.5) is 5.69 Å². The van der Waals surface area contributed by atoms with E-state index < -0.39 is 17.9 Å². The first-order valence-corrected chi connectivity index (χ1v) is 15.7. The summed E-state index contributed by atoms with van der Waals surface area (Å²) in [6.45, 7) is 12.0. The lowest BCUT2D eigenvalue weighted by molar-refractivity contribution is -0.118. The van der Waals surface area contributed by atoms with E-state index in [0.717, 1.165) is 11.3 Å². The van der Waals surface area contributed by atoms with Gasteiger partial charge in [-0.1, -0.05) is 27.7 Å². The number of amides is 1. The Bertz CT molecular complexity index is 1600. The normalized spacial score (nSPS) is 14.9. The van der Waals surface area contributed by atoms with Crippen LogP contribution in [-0.2, 0) is 11.3 Å². The number of aliphatic imine (C=N–C) groups is 1. The lowest BCUT2D eigenvalue weighted by Crippen LogP contribution is -2.35. The van der Waals surface area contributed by atoms with Crippen molar-refractivity contribution in [2.24, 2.45) is 4.99 Å². The van der Waals surface area contributed by atoms with E-state index in [1.807, 2.05) is 50.8 Å². The number of benzene rings is 2. The fourth-order valence-electron chi connectivity index (χ4n) is 4.72.